The van der Waals surface area contributed by atoms with E-state index in [4.69, 9.17) is 4.74 Å². The summed E-state index contributed by atoms with van der Waals surface area (Å²) in [6.07, 6.45) is 3.51. The Bertz CT molecular complexity index is 965. The standard InChI is InChI=1S/C24H26N2O4/c1-15-11-12-21(30-2)20(13-15)25-22(27)17-8-4-3-7-16(17)14-26-23(28)18-9-5-6-10-19(18)24(26)29/h5-6,9-13,16-17H,3-4,7-8,14H2,1-2H3,(H,25,27). The molecule has 2 aliphatic rings. The van der Waals surface area contributed by atoms with Crippen molar-refractivity contribution in [2.75, 3.05) is 19.0 Å². The van der Waals surface area contributed by atoms with E-state index in [0.29, 0.717) is 22.6 Å². The number of ether oxygens (including phenoxy) is 1. The van der Waals surface area contributed by atoms with Gasteiger partial charge in [-0.2, -0.15) is 0 Å². The minimum absolute atomic E-state index is 0.0585. The van der Waals surface area contributed by atoms with E-state index in [1.807, 2.05) is 25.1 Å². The van der Waals surface area contributed by atoms with Crippen LogP contribution in [-0.4, -0.2) is 36.3 Å². The van der Waals surface area contributed by atoms with E-state index in [-0.39, 0.29) is 36.1 Å². The highest BCUT2D eigenvalue weighted by Crippen LogP contribution is 2.35. The molecule has 3 amide bonds. The molecule has 1 aliphatic carbocycles. The number of benzene rings is 2. The summed E-state index contributed by atoms with van der Waals surface area (Å²) < 4.78 is 5.37. The van der Waals surface area contributed by atoms with Crippen LogP contribution in [0, 0.1) is 18.8 Å². The van der Waals surface area contributed by atoms with Crippen molar-refractivity contribution >= 4 is 23.4 Å². The van der Waals surface area contributed by atoms with E-state index < -0.39 is 0 Å². The summed E-state index contributed by atoms with van der Waals surface area (Å²) in [5, 5.41) is 3.01. The SMILES string of the molecule is COc1ccc(C)cc1NC(=O)C1CCCCC1CN1C(=O)c2ccccc2C1=O. The molecular weight excluding hydrogens is 380 g/mol. The molecule has 1 heterocycles. The number of hydrogen-bond donors (Lipinski definition) is 1. The van der Waals surface area contributed by atoms with Crippen LogP contribution in [-0.2, 0) is 4.79 Å². The first-order chi connectivity index (χ1) is 14.5. The Morgan fingerprint density at radius 2 is 1.73 bits per heavy atom. The number of aryl methyl sites for hydroxylation is 1. The van der Waals surface area contributed by atoms with Crippen molar-refractivity contribution in [2.24, 2.45) is 11.8 Å². The van der Waals surface area contributed by atoms with Crippen molar-refractivity contribution in [1.82, 2.24) is 4.90 Å². The molecule has 30 heavy (non-hydrogen) atoms. The van der Waals surface area contributed by atoms with Gasteiger partial charge in [0.2, 0.25) is 5.91 Å². The zero-order chi connectivity index (χ0) is 21.3. The average molecular weight is 406 g/mol. The Morgan fingerprint density at radius 1 is 1.07 bits per heavy atom. The van der Waals surface area contributed by atoms with Crippen molar-refractivity contribution in [3.63, 3.8) is 0 Å². The van der Waals surface area contributed by atoms with Crippen molar-refractivity contribution in [3.8, 4) is 5.75 Å². The van der Waals surface area contributed by atoms with Crippen molar-refractivity contribution < 1.29 is 19.1 Å². The second-order valence-electron chi connectivity index (χ2n) is 8.11. The smallest absolute Gasteiger partial charge is 0.261 e. The number of hydrogen-bond acceptors (Lipinski definition) is 4. The molecule has 0 spiro atoms. The van der Waals surface area contributed by atoms with Crippen LogP contribution in [0.2, 0.25) is 0 Å². The second-order valence-corrected chi connectivity index (χ2v) is 8.11. The molecule has 0 bridgehead atoms. The van der Waals surface area contributed by atoms with Crippen molar-refractivity contribution in [3.05, 3.63) is 59.2 Å². The number of methoxy groups -OCH3 is 1. The van der Waals surface area contributed by atoms with Crippen LogP contribution in [0.1, 0.15) is 52.0 Å². The van der Waals surface area contributed by atoms with Gasteiger partial charge in [-0.3, -0.25) is 19.3 Å². The van der Waals surface area contributed by atoms with E-state index in [0.717, 1.165) is 31.2 Å². The van der Waals surface area contributed by atoms with Gasteiger partial charge in [-0.1, -0.05) is 31.0 Å². The van der Waals surface area contributed by atoms with E-state index in [9.17, 15) is 14.4 Å². The summed E-state index contributed by atoms with van der Waals surface area (Å²) in [5.41, 5.74) is 2.57. The first kappa shape index (κ1) is 20.1. The Balaban J connectivity index is 1.51. The summed E-state index contributed by atoms with van der Waals surface area (Å²) in [7, 11) is 1.58. The average Bonchev–Trinajstić information content (AvgIpc) is 2.99. The van der Waals surface area contributed by atoms with Crippen LogP contribution >= 0.6 is 0 Å². The quantitative estimate of drug-likeness (QED) is 0.761. The van der Waals surface area contributed by atoms with E-state index in [2.05, 4.69) is 5.32 Å². The highest BCUT2D eigenvalue weighted by atomic mass is 16.5. The Hall–Kier alpha value is -3.15. The molecular formula is C24H26N2O4. The zero-order valence-corrected chi connectivity index (χ0v) is 17.3. The van der Waals surface area contributed by atoms with Crippen LogP contribution < -0.4 is 10.1 Å². The lowest BCUT2D eigenvalue weighted by atomic mass is 9.78. The molecule has 1 aliphatic heterocycles. The highest BCUT2D eigenvalue weighted by molar-refractivity contribution is 6.21. The largest absolute Gasteiger partial charge is 0.495 e. The number of nitrogens with zero attached hydrogens (tertiary/aromatic N) is 1. The summed E-state index contributed by atoms with van der Waals surface area (Å²) in [4.78, 5) is 40.0. The van der Waals surface area contributed by atoms with Gasteiger partial charge in [-0.15, -0.1) is 0 Å². The molecule has 2 unspecified atom stereocenters. The minimum atomic E-state index is -0.263. The van der Waals surface area contributed by atoms with Crippen LogP contribution in [0.4, 0.5) is 5.69 Å². The van der Waals surface area contributed by atoms with Gasteiger partial charge < -0.3 is 10.1 Å². The molecule has 2 atom stereocenters. The van der Waals surface area contributed by atoms with Gasteiger partial charge in [0.1, 0.15) is 5.75 Å². The Labute approximate surface area is 176 Å². The Kier molecular flexibility index (Phi) is 5.57. The number of fused-ring (bicyclic) bond motifs is 1. The third-order valence-corrected chi connectivity index (χ3v) is 6.15. The maximum absolute atomic E-state index is 13.2. The third kappa shape index (κ3) is 3.70. The molecule has 2 aromatic carbocycles. The molecule has 1 N–H and O–H groups in total. The summed E-state index contributed by atoms with van der Waals surface area (Å²) in [5.74, 6) is -0.312. The van der Waals surface area contributed by atoms with Crippen LogP contribution in [0.5, 0.6) is 5.75 Å². The van der Waals surface area contributed by atoms with Gasteiger partial charge in [0.25, 0.3) is 11.8 Å². The normalized spacial score (nSPS) is 20.8. The van der Waals surface area contributed by atoms with Gasteiger partial charge in [-0.25, -0.2) is 0 Å². The summed E-state index contributed by atoms with van der Waals surface area (Å²) in [6.45, 7) is 2.23. The lowest BCUT2D eigenvalue weighted by Crippen LogP contribution is -2.41. The lowest BCUT2D eigenvalue weighted by Gasteiger charge is -2.33. The van der Waals surface area contributed by atoms with E-state index >= 15 is 0 Å². The molecule has 0 saturated heterocycles. The Morgan fingerprint density at radius 3 is 2.40 bits per heavy atom. The number of imide groups is 1. The molecule has 6 heteroatoms. The fourth-order valence-corrected chi connectivity index (χ4v) is 4.56. The maximum Gasteiger partial charge on any atom is 0.261 e. The highest BCUT2D eigenvalue weighted by Gasteiger charge is 2.40. The maximum atomic E-state index is 13.2. The third-order valence-electron chi connectivity index (χ3n) is 6.15. The first-order valence-corrected chi connectivity index (χ1v) is 10.4. The fourth-order valence-electron chi connectivity index (χ4n) is 4.56. The second kappa shape index (κ2) is 8.30. The molecule has 1 saturated carbocycles. The molecule has 156 valence electrons. The van der Waals surface area contributed by atoms with Crippen LogP contribution in [0.15, 0.2) is 42.5 Å². The monoisotopic (exact) mass is 406 g/mol. The molecule has 6 nitrogen and oxygen atoms in total. The van der Waals surface area contributed by atoms with E-state index in [1.165, 1.54) is 4.90 Å². The molecule has 2 aromatic rings. The number of rotatable bonds is 5. The lowest BCUT2D eigenvalue weighted by molar-refractivity contribution is -0.122. The minimum Gasteiger partial charge on any atom is -0.495 e. The summed E-state index contributed by atoms with van der Waals surface area (Å²) in [6, 6.07) is 12.6. The number of nitrogens with one attached hydrogen (secondary N) is 1. The molecule has 4 rings (SSSR count). The van der Waals surface area contributed by atoms with Gasteiger partial charge in [0.15, 0.2) is 0 Å². The fraction of sp³-hybridized carbons (Fsp3) is 0.375. The van der Waals surface area contributed by atoms with Crippen LogP contribution in [0.3, 0.4) is 0 Å². The molecule has 0 aromatic heterocycles. The van der Waals surface area contributed by atoms with Crippen molar-refractivity contribution in [2.45, 2.75) is 32.6 Å². The van der Waals surface area contributed by atoms with Gasteiger partial charge in [0, 0.05) is 12.5 Å². The number of anilines is 1. The predicted octanol–water partition coefficient (Wildman–Crippen LogP) is 4.04. The van der Waals surface area contributed by atoms with Crippen molar-refractivity contribution in [1.29, 1.82) is 0 Å². The van der Waals surface area contributed by atoms with E-state index in [1.54, 1.807) is 31.4 Å². The molecule has 1 fully saturated rings. The topological polar surface area (TPSA) is 75.7 Å². The van der Waals surface area contributed by atoms with Gasteiger partial charge in [-0.05, 0) is 55.5 Å². The van der Waals surface area contributed by atoms with Gasteiger partial charge >= 0.3 is 0 Å². The number of carbonyl (C=O) groups excluding carboxylic acids is 3. The zero-order valence-electron chi connectivity index (χ0n) is 17.3. The predicted molar refractivity (Wildman–Crippen MR) is 114 cm³/mol. The summed E-state index contributed by atoms with van der Waals surface area (Å²) >= 11 is 0. The molecule has 0 radical (unpaired) electrons. The number of amides is 3. The first-order valence-electron chi connectivity index (χ1n) is 10.4. The van der Waals surface area contributed by atoms with Gasteiger partial charge in [0.05, 0.1) is 23.9 Å². The number of carbonyl (C=O) groups is 3. The van der Waals surface area contributed by atoms with Crippen LogP contribution in [0.25, 0.3) is 0 Å².